The molecule has 1 aromatic carbocycles. The van der Waals surface area contributed by atoms with Crippen LogP contribution < -0.4 is 39.0 Å². The maximum absolute atomic E-state index is 10.7. The first-order chi connectivity index (χ1) is 6.19. The maximum atomic E-state index is 10.7. The molecule has 0 N–H and O–H groups in total. The van der Waals surface area contributed by atoms with Crippen LogP contribution in [0.3, 0.4) is 0 Å². The van der Waals surface area contributed by atoms with Crippen LogP contribution in [0, 0.1) is 0 Å². The zero-order chi connectivity index (χ0) is 9.84. The Balaban J connectivity index is 0.00000169. The molecule has 4 nitrogen and oxygen atoms in total. The average molecular weight is 224 g/mol. The molecule has 0 aliphatic rings. The van der Waals surface area contributed by atoms with Gasteiger partial charge >= 0.3 is 29.6 Å². The van der Waals surface area contributed by atoms with Gasteiger partial charge in [0.15, 0.2) is 0 Å². The molecule has 1 rings (SSSR count). The summed E-state index contributed by atoms with van der Waals surface area (Å²) in [4.78, 5) is 0.128. The Morgan fingerprint density at radius 3 is 2.36 bits per heavy atom. The summed E-state index contributed by atoms with van der Waals surface area (Å²) in [6.45, 7) is 0. The van der Waals surface area contributed by atoms with Crippen molar-refractivity contribution >= 4 is 11.1 Å². The second-order valence-electron chi connectivity index (χ2n) is 2.25. The second kappa shape index (κ2) is 6.42. The molecular formula is C8H9NaO4S. The van der Waals surface area contributed by atoms with Crippen LogP contribution >= 0.6 is 0 Å². The summed E-state index contributed by atoms with van der Waals surface area (Å²) in [7, 11) is 2.91. The summed E-state index contributed by atoms with van der Waals surface area (Å²) in [5, 5.41) is 0. The molecule has 0 aromatic heterocycles. The molecule has 0 aliphatic heterocycles. The summed E-state index contributed by atoms with van der Waals surface area (Å²) in [6, 6.07) is 4.51. The normalized spacial score (nSPS) is 11.4. The number of ether oxygens (including phenoxy) is 2. The van der Waals surface area contributed by atoms with E-state index in [0.717, 1.165) is 0 Å². The van der Waals surface area contributed by atoms with Gasteiger partial charge < -0.3 is 14.0 Å². The van der Waals surface area contributed by atoms with Gasteiger partial charge in [-0.25, -0.2) is 0 Å². The molecule has 72 valence electrons. The van der Waals surface area contributed by atoms with E-state index in [1.807, 2.05) is 0 Å². The van der Waals surface area contributed by atoms with E-state index in [0.29, 0.717) is 5.75 Å². The van der Waals surface area contributed by atoms with Crippen LogP contribution in [-0.4, -0.2) is 23.0 Å². The first kappa shape index (κ1) is 13.9. The molecule has 1 unspecified atom stereocenters. The van der Waals surface area contributed by atoms with Gasteiger partial charge in [-0.2, -0.15) is 0 Å². The molecule has 0 aliphatic carbocycles. The quantitative estimate of drug-likeness (QED) is 0.438. The zero-order valence-electron chi connectivity index (χ0n) is 8.27. The number of rotatable bonds is 3. The molecule has 0 heterocycles. The third-order valence-electron chi connectivity index (χ3n) is 1.55. The van der Waals surface area contributed by atoms with Crippen LogP contribution in [0.2, 0.25) is 0 Å². The Labute approximate surface area is 107 Å². The van der Waals surface area contributed by atoms with Crippen molar-refractivity contribution in [1.82, 2.24) is 0 Å². The van der Waals surface area contributed by atoms with Crippen molar-refractivity contribution in [2.45, 2.75) is 4.90 Å². The van der Waals surface area contributed by atoms with Gasteiger partial charge in [-0.1, -0.05) is 0 Å². The first-order valence-electron chi connectivity index (χ1n) is 3.50. The minimum absolute atomic E-state index is 0. The summed E-state index contributed by atoms with van der Waals surface area (Å²) in [6.07, 6.45) is 0. The molecule has 0 saturated carbocycles. The van der Waals surface area contributed by atoms with Crippen LogP contribution in [0.1, 0.15) is 0 Å². The molecular weight excluding hydrogens is 215 g/mol. The molecule has 14 heavy (non-hydrogen) atoms. The van der Waals surface area contributed by atoms with E-state index in [1.165, 1.54) is 26.4 Å². The van der Waals surface area contributed by atoms with Crippen molar-refractivity contribution in [3.05, 3.63) is 18.2 Å². The van der Waals surface area contributed by atoms with Gasteiger partial charge in [0, 0.05) is 6.07 Å². The molecule has 1 aromatic rings. The summed E-state index contributed by atoms with van der Waals surface area (Å²) in [5.74, 6) is 0.846. The van der Waals surface area contributed by atoms with Crippen molar-refractivity contribution in [3.8, 4) is 11.5 Å². The van der Waals surface area contributed by atoms with Gasteiger partial charge in [0.05, 0.1) is 19.1 Å². The summed E-state index contributed by atoms with van der Waals surface area (Å²) >= 11 is -2.28. The Kier molecular flexibility index (Phi) is 6.39. The van der Waals surface area contributed by atoms with Gasteiger partial charge in [-0.15, -0.1) is 0 Å². The van der Waals surface area contributed by atoms with E-state index in [2.05, 4.69) is 0 Å². The fourth-order valence-corrected chi connectivity index (χ4v) is 1.40. The Morgan fingerprint density at radius 1 is 1.29 bits per heavy atom. The van der Waals surface area contributed by atoms with Crippen molar-refractivity contribution in [2.24, 2.45) is 0 Å². The fraction of sp³-hybridized carbons (Fsp3) is 0.250. The smallest absolute Gasteiger partial charge is 0.768 e. The number of hydrogen-bond donors (Lipinski definition) is 0. The largest absolute Gasteiger partial charge is 1.00 e. The van der Waals surface area contributed by atoms with Gasteiger partial charge in [-0.3, -0.25) is 4.21 Å². The summed E-state index contributed by atoms with van der Waals surface area (Å²) < 4.78 is 31.1. The van der Waals surface area contributed by atoms with E-state index < -0.39 is 11.1 Å². The molecule has 0 fully saturated rings. The molecule has 6 heteroatoms. The number of hydrogen-bond acceptors (Lipinski definition) is 4. The van der Waals surface area contributed by atoms with Crippen LogP contribution in [-0.2, 0) is 11.1 Å². The monoisotopic (exact) mass is 224 g/mol. The zero-order valence-corrected chi connectivity index (χ0v) is 11.1. The fourth-order valence-electron chi connectivity index (χ4n) is 0.913. The minimum atomic E-state index is -2.28. The van der Waals surface area contributed by atoms with Crippen LogP contribution in [0.15, 0.2) is 23.1 Å². The Morgan fingerprint density at radius 2 is 1.93 bits per heavy atom. The standard InChI is InChI=1S/C8H10O4S.Na/c1-11-6-3-4-8(13(9)10)7(5-6)12-2;/h3-5H,1-2H3,(H,9,10);/q;+1/p-1. The van der Waals surface area contributed by atoms with Gasteiger partial charge in [0.2, 0.25) is 0 Å². The van der Waals surface area contributed by atoms with E-state index >= 15 is 0 Å². The predicted molar refractivity (Wildman–Crippen MR) is 46.7 cm³/mol. The van der Waals surface area contributed by atoms with E-state index in [4.69, 9.17) is 9.47 Å². The van der Waals surface area contributed by atoms with Gasteiger partial charge in [0.25, 0.3) is 0 Å². The molecule has 0 saturated heterocycles. The van der Waals surface area contributed by atoms with Gasteiger partial charge in [-0.05, 0) is 23.2 Å². The molecule has 0 bridgehead atoms. The minimum Gasteiger partial charge on any atom is -0.768 e. The van der Waals surface area contributed by atoms with Crippen LogP contribution in [0.25, 0.3) is 0 Å². The third-order valence-corrected chi connectivity index (χ3v) is 2.25. The van der Waals surface area contributed by atoms with Crippen LogP contribution in [0.5, 0.6) is 11.5 Å². The molecule has 0 radical (unpaired) electrons. The molecule has 0 amide bonds. The maximum Gasteiger partial charge on any atom is 1.00 e. The Hall–Kier alpha value is -0.0700. The van der Waals surface area contributed by atoms with E-state index in [9.17, 15) is 8.76 Å². The van der Waals surface area contributed by atoms with Crippen molar-refractivity contribution in [2.75, 3.05) is 14.2 Å². The van der Waals surface area contributed by atoms with E-state index in [-0.39, 0.29) is 40.2 Å². The topological polar surface area (TPSA) is 58.6 Å². The SMILES string of the molecule is COc1ccc(S(=O)[O-])c(OC)c1.[Na+]. The third kappa shape index (κ3) is 3.25. The van der Waals surface area contributed by atoms with Crippen molar-refractivity contribution in [1.29, 1.82) is 0 Å². The number of benzene rings is 1. The van der Waals surface area contributed by atoms with Crippen LogP contribution in [0.4, 0.5) is 0 Å². The predicted octanol–water partition coefficient (Wildman–Crippen LogP) is -2.05. The summed E-state index contributed by atoms with van der Waals surface area (Å²) in [5.41, 5.74) is 0. The molecule has 0 spiro atoms. The van der Waals surface area contributed by atoms with Crippen molar-refractivity contribution in [3.63, 3.8) is 0 Å². The van der Waals surface area contributed by atoms with Gasteiger partial charge in [0.1, 0.15) is 11.5 Å². The number of methoxy groups -OCH3 is 2. The van der Waals surface area contributed by atoms with Crippen molar-refractivity contribution < 1.29 is 47.8 Å². The Bertz CT molecular complexity index is 329. The average Bonchev–Trinajstić information content (AvgIpc) is 2.16. The first-order valence-corrected chi connectivity index (χ1v) is 4.58. The van der Waals surface area contributed by atoms with E-state index in [1.54, 1.807) is 6.07 Å². The second-order valence-corrected chi connectivity index (χ2v) is 3.16. The molecule has 1 atom stereocenters.